The highest BCUT2D eigenvalue weighted by molar-refractivity contribution is 7.98. The van der Waals surface area contributed by atoms with Crippen molar-refractivity contribution in [2.75, 3.05) is 6.26 Å². The summed E-state index contributed by atoms with van der Waals surface area (Å²) in [5.41, 5.74) is 5.99. The molecule has 2 aromatic rings. The van der Waals surface area contributed by atoms with Gasteiger partial charge in [-0.05, 0) is 18.4 Å². The molecule has 0 unspecified atom stereocenters. The predicted octanol–water partition coefficient (Wildman–Crippen LogP) is 2.06. The van der Waals surface area contributed by atoms with Gasteiger partial charge in [0.05, 0.1) is 11.4 Å². The molecule has 0 aliphatic heterocycles. The van der Waals surface area contributed by atoms with Gasteiger partial charge in [-0.15, -0.1) is 11.8 Å². The minimum absolute atomic E-state index is 0.177. The molecular weight excluding hydrogens is 229 g/mol. The summed E-state index contributed by atoms with van der Waals surface area (Å²) in [5, 5.41) is 3.76. The fourth-order valence-electron chi connectivity index (χ4n) is 1.34. The Morgan fingerprint density at radius 3 is 2.94 bits per heavy atom. The Morgan fingerprint density at radius 2 is 2.31 bits per heavy atom. The lowest BCUT2D eigenvalue weighted by atomic mass is 10.2. The SMILES string of the molecule is CSc1c(F)cccc1-c1noc(CN)n1. The van der Waals surface area contributed by atoms with Gasteiger partial charge in [0.2, 0.25) is 11.7 Å². The van der Waals surface area contributed by atoms with Gasteiger partial charge in [-0.25, -0.2) is 4.39 Å². The maximum Gasteiger partial charge on any atom is 0.240 e. The van der Waals surface area contributed by atoms with Crippen LogP contribution in [0.25, 0.3) is 11.4 Å². The zero-order valence-corrected chi connectivity index (χ0v) is 9.42. The van der Waals surface area contributed by atoms with Crippen LogP contribution in [0, 0.1) is 5.82 Å². The van der Waals surface area contributed by atoms with Crippen molar-refractivity contribution in [1.82, 2.24) is 10.1 Å². The second-order valence-electron chi connectivity index (χ2n) is 3.04. The van der Waals surface area contributed by atoms with Crippen molar-refractivity contribution in [3.05, 3.63) is 29.9 Å². The molecule has 2 N–H and O–H groups in total. The molecule has 0 atom stereocenters. The van der Waals surface area contributed by atoms with Crippen LogP contribution >= 0.6 is 11.8 Å². The third kappa shape index (κ3) is 1.94. The molecule has 0 fully saturated rings. The Morgan fingerprint density at radius 1 is 1.50 bits per heavy atom. The molecule has 0 spiro atoms. The number of rotatable bonds is 3. The van der Waals surface area contributed by atoms with Gasteiger partial charge >= 0.3 is 0 Å². The molecule has 0 aliphatic rings. The summed E-state index contributed by atoms with van der Waals surface area (Å²) >= 11 is 1.31. The lowest BCUT2D eigenvalue weighted by Gasteiger charge is -2.03. The van der Waals surface area contributed by atoms with Crippen molar-refractivity contribution in [2.45, 2.75) is 11.4 Å². The Balaban J connectivity index is 2.50. The largest absolute Gasteiger partial charge is 0.338 e. The molecule has 0 saturated carbocycles. The van der Waals surface area contributed by atoms with Crippen LogP contribution in [0.3, 0.4) is 0 Å². The second kappa shape index (κ2) is 4.63. The average Bonchev–Trinajstić information content (AvgIpc) is 2.77. The van der Waals surface area contributed by atoms with Crippen molar-refractivity contribution >= 4 is 11.8 Å². The van der Waals surface area contributed by atoms with Crippen LogP contribution in [-0.2, 0) is 6.54 Å². The van der Waals surface area contributed by atoms with E-state index in [0.29, 0.717) is 22.2 Å². The fourth-order valence-corrected chi connectivity index (χ4v) is 1.98. The van der Waals surface area contributed by atoms with Crippen molar-refractivity contribution in [1.29, 1.82) is 0 Å². The van der Waals surface area contributed by atoms with E-state index in [2.05, 4.69) is 10.1 Å². The van der Waals surface area contributed by atoms with Crippen LogP contribution < -0.4 is 5.73 Å². The molecule has 0 radical (unpaired) electrons. The third-order valence-electron chi connectivity index (χ3n) is 2.05. The van der Waals surface area contributed by atoms with E-state index in [0.717, 1.165) is 0 Å². The fraction of sp³-hybridized carbons (Fsp3) is 0.200. The van der Waals surface area contributed by atoms with Crippen LogP contribution in [0.15, 0.2) is 27.6 Å². The molecule has 0 aliphatic carbocycles. The van der Waals surface area contributed by atoms with Gasteiger partial charge in [-0.1, -0.05) is 11.2 Å². The topological polar surface area (TPSA) is 64.9 Å². The van der Waals surface area contributed by atoms with Gasteiger partial charge < -0.3 is 10.3 Å². The van der Waals surface area contributed by atoms with E-state index in [-0.39, 0.29) is 12.4 Å². The number of hydrogen-bond donors (Lipinski definition) is 1. The monoisotopic (exact) mass is 239 g/mol. The Labute approximate surface area is 96.0 Å². The highest BCUT2D eigenvalue weighted by Crippen LogP contribution is 2.30. The lowest BCUT2D eigenvalue weighted by molar-refractivity contribution is 0.380. The first-order chi connectivity index (χ1) is 7.76. The minimum Gasteiger partial charge on any atom is -0.338 e. The van der Waals surface area contributed by atoms with Crippen molar-refractivity contribution < 1.29 is 8.91 Å². The normalized spacial score (nSPS) is 10.7. The van der Waals surface area contributed by atoms with Gasteiger partial charge in [-0.2, -0.15) is 4.98 Å². The first-order valence-corrected chi connectivity index (χ1v) is 5.84. The standard InChI is InChI=1S/C10H10FN3OS/c1-16-9-6(3-2-4-7(9)11)10-13-8(5-12)15-14-10/h2-4H,5,12H2,1H3. The van der Waals surface area contributed by atoms with Crippen molar-refractivity contribution in [3.63, 3.8) is 0 Å². The summed E-state index contributed by atoms with van der Waals surface area (Å²) in [7, 11) is 0. The molecule has 0 amide bonds. The summed E-state index contributed by atoms with van der Waals surface area (Å²) in [6, 6.07) is 4.77. The highest BCUT2D eigenvalue weighted by atomic mass is 32.2. The molecule has 16 heavy (non-hydrogen) atoms. The number of aromatic nitrogens is 2. The predicted molar refractivity (Wildman–Crippen MR) is 59.4 cm³/mol. The van der Waals surface area contributed by atoms with E-state index < -0.39 is 0 Å². The van der Waals surface area contributed by atoms with Gasteiger partial charge in [0.1, 0.15) is 5.82 Å². The summed E-state index contributed by atoms with van der Waals surface area (Å²) in [6.07, 6.45) is 1.80. The molecule has 6 heteroatoms. The Hall–Kier alpha value is -1.40. The van der Waals surface area contributed by atoms with Crippen LogP contribution in [0.1, 0.15) is 5.89 Å². The maximum atomic E-state index is 13.5. The van der Waals surface area contributed by atoms with Crippen molar-refractivity contribution in [2.24, 2.45) is 5.73 Å². The average molecular weight is 239 g/mol. The second-order valence-corrected chi connectivity index (χ2v) is 3.85. The molecule has 1 aromatic heterocycles. The van der Waals surface area contributed by atoms with E-state index in [4.69, 9.17) is 10.3 Å². The van der Waals surface area contributed by atoms with Crippen LogP contribution in [0.5, 0.6) is 0 Å². The van der Waals surface area contributed by atoms with Gasteiger partial charge in [0.25, 0.3) is 0 Å². The minimum atomic E-state index is -0.288. The first-order valence-electron chi connectivity index (χ1n) is 4.61. The lowest BCUT2D eigenvalue weighted by Crippen LogP contribution is -1.96. The van der Waals surface area contributed by atoms with Gasteiger partial charge in [-0.3, -0.25) is 0 Å². The summed E-state index contributed by atoms with van der Waals surface area (Å²) in [5.74, 6) is 0.416. The van der Waals surface area contributed by atoms with Crippen LogP contribution in [0.4, 0.5) is 4.39 Å². The number of nitrogens with two attached hydrogens (primary N) is 1. The number of benzene rings is 1. The van der Waals surface area contributed by atoms with Crippen LogP contribution in [-0.4, -0.2) is 16.4 Å². The summed E-state index contributed by atoms with van der Waals surface area (Å²) < 4.78 is 18.4. The number of nitrogens with zero attached hydrogens (tertiary/aromatic N) is 2. The van der Waals surface area contributed by atoms with E-state index in [1.54, 1.807) is 18.4 Å². The molecular formula is C10H10FN3OS. The summed E-state index contributed by atoms with van der Waals surface area (Å²) in [4.78, 5) is 4.57. The smallest absolute Gasteiger partial charge is 0.240 e. The van der Waals surface area contributed by atoms with Gasteiger partial charge in [0, 0.05) is 5.56 Å². The van der Waals surface area contributed by atoms with Crippen molar-refractivity contribution in [3.8, 4) is 11.4 Å². The van der Waals surface area contributed by atoms with E-state index in [1.807, 2.05) is 0 Å². The molecule has 1 aromatic carbocycles. The zero-order valence-electron chi connectivity index (χ0n) is 8.61. The molecule has 1 heterocycles. The zero-order chi connectivity index (χ0) is 11.5. The Kier molecular flexibility index (Phi) is 3.21. The molecule has 2 rings (SSSR count). The number of thioether (sulfide) groups is 1. The Bertz CT molecular complexity index is 501. The quantitative estimate of drug-likeness (QED) is 0.830. The molecule has 0 bridgehead atoms. The van der Waals surface area contributed by atoms with E-state index in [1.165, 1.54) is 17.8 Å². The number of halogens is 1. The molecule has 84 valence electrons. The van der Waals surface area contributed by atoms with Gasteiger partial charge in [0.15, 0.2) is 0 Å². The van der Waals surface area contributed by atoms with E-state index >= 15 is 0 Å². The van der Waals surface area contributed by atoms with Crippen LogP contribution in [0.2, 0.25) is 0 Å². The third-order valence-corrected chi connectivity index (χ3v) is 2.88. The highest BCUT2D eigenvalue weighted by Gasteiger charge is 2.14. The van der Waals surface area contributed by atoms with E-state index in [9.17, 15) is 4.39 Å². The first kappa shape index (κ1) is 11.1. The number of hydrogen-bond acceptors (Lipinski definition) is 5. The molecule has 4 nitrogen and oxygen atoms in total. The molecule has 0 saturated heterocycles. The summed E-state index contributed by atoms with van der Waals surface area (Å²) in [6.45, 7) is 0.177. The maximum absolute atomic E-state index is 13.5.